The van der Waals surface area contributed by atoms with Gasteiger partial charge in [0.15, 0.2) is 0 Å². The van der Waals surface area contributed by atoms with Gasteiger partial charge in [-0.3, -0.25) is 0 Å². The fraction of sp³-hybridized carbons (Fsp3) is 0.429. The molecule has 1 aromatic carbocycles. The summed E-state index contributed by atoms with van der Waals surface area (Å²) in [6.45, 7) is 5.66. The molecule has 2 rings (SSSR count). The van der Waals surface area contributed by atoms with Crippen molar-refractivity contribution in [2.45, 2.75) is 33.3 Å². The molecule has 0 radical (unpaired) electrons. The number of hydrogen-bond acceptors (Lipinski definition) is 4. The summed E-state index contributed by atoms with van der Waals surface area (Å²) in [5.41, 5.74) is -0.123. The van der Waals surface area contributed by atoms with Crippen molar-refractivity contribution in [1.29, 1.82) is 0 Å². The maximum atomic E-state index is 13.1. The van der Waals surface area contributed by atoms with Crippen molar-refractivity contribution in [3.05, 3.63) is 35.7 Å². The van der Waals surface area contributed by atoms with Gasteiger partial charge in [0.2, 0.25) is 11.7 Å². The molecule has 20 heavy (non-hydrogen) atoms. The maximum Gasteiger partial charge on any atom is 0.229 e. The van der Waals surface area contributed by atoms with Crippen LogP contribution < -0.4 is 0 Å². The van der Waals surface area contributed by atoms with E-state index < -0.39 is 17.7 Å². The van der Waals surface area contributed by atoms with E-state index in [4.69, 9.17) is 4.52 Å². The van der Waals surface area contributed by atoms with Gasteiger partial charge in [0.1, 0.15) is 11.6 Å². The molecule has 6 heteroatoms. The first-order chi connectivity index (χ1) is 9.25. The highest BCUT2D eigenvalue weighted by Crippen LogP contribution is 2.23. The van der Waals surface area contributed by atoms with Crippen molar-refractivity contribution in [1.82, 2.24) is 10.1 Å². The third kappa shape index (κ3) is 3.39. The number of hydrogen-bond donors (Lipinski definition) is 1. The number of rotatable bonds is 3. The number of aromatic nitrogens is 2. The Hall–Kier alpha value is -1.82. The first-order valence-electron chi connectivity index (χ1n) is 6.23. The van der Waals surface area contributed by atoms with Crippen LogP contribution in [0.15, 0.2) is 22.7 Å². The third-order valence-electron chi connectivity index (χ3n) is 2.96. The summed E-state index contributed by atoms with van der Waals surface area (Å²) in [5, 5.41) is 13.6. The van der Waals surface area contributed by atoms with Gasteiger partial charge >= 0.3 is 0 Å². The average Bonchev–Trinajstić information content (AvgIpc) is 2.75. The van der Waals surface area contributed by atoms with Gasteiger partial charge in [0.05, 0.1) is 12.5 Å². The Morgan fingerprint density at radius 3 is 2.35 bits per heavy atom. The molecule has 4 nitrogen and oxygen atoms in total. The second-order valence-corrected chi connectivity index (χ2v) is 5.76. The van der Waals surface area contributed by atoms with Gasteiger partial charge in [0.25, 0.3) is 0 Å². The smallest absolute Gasteiger partial charge is 0.229 e. The van der Waals surface area contributed by atoms with Gasteiger partial charge in [-0.25, -0.2) is 8.78 Å². The monoisotopic (exact) mass is 282 g/mol. The third-order valence-corrected chi connectivity index (χ3v) is 2.96. The fourth-order valence-electron chi connectivity index (χ4n) is 1.61. The summed E-state index contributed by atoms with van der Waals surface area (Å²) in [4.78, 5) is 4.05. The van der Waals surface area contributed by atoms with Gasteiger partial charge in [-0.15, -0.1) is 0 Å². The maximum absolute atomic E-state index is 13.1. The van der Waals surface area contributed by atoms with Crippen molar-refractivity contribution in [2.75, 3.05) is 0 Å². The summed E-state index contributed by atoms with van der Waals surface area (Å²) in [5.74, 6) is -1.09. The molecule has 0 aliphatic carbocycles. The zero-order chi connectivity index (χ0) is 14.9. The molecule has 0 fully saturated rings. The van der Waals surface area contributed by atoms with Crippen LogP contribution in [0.2, 0.25) is 0 Å². The second kappa shape index (κ2) is 5.28. The molecular weight excluding hydrogens is 266 g/mol. The molecule has 1 heterocycles. The van der Waals surface area contributed by atoms with E-state index in [1.807, 2.05) is 20.8 Å². The molecule has 0 amide bonds. The first-order valence-corrected chi connectivity index (χ1v) is 6.23. The lowest BCUT2D eigenvalue weighted by atomic mass is 9.87. The van der Waals surface area contributed by atoms with Crippen molar-refractivity contribution in [3.63, 3.8) is 0 Å². The van der Waals surface area contributed by atoms with Crippen LogP contribution >= 0.6 is 0 Å². The number of aliphatic hydroxyl groups excluding tert-OH is 1. The number of halogens is 2. The molecule has 2 aromatic rings. The van der Waals surface area contributed by atoms with Crippen LogP contribution in [0.4, 0.5) is 8.78 Å². The van der Waals surface area contributed by atoms with Gasteiger partial charge in [0, 0.05) is 11.6 Å². The van der Waals surface area contributed by atoms with Crippen LogP contribution in [-0.4, -0.2) is 21.4 Å². The molecule has 0 saturated carbocycles. The van der Waals surface area contributed by atoms with Crippen molar-refractivity contribution in [2.24, 2.45) is 5.41 Å². The average molecular weight is 282 g/mol. The molecule has 108 valence electrons. The van der Waals surface area contributed by atoms with Crippen LogP contribution in [0.5, 0.6) is 0 Å². The van der Waals surface area contributed by atoms with Gasteiger partial charge in [-0.1, -0.05) is 25.9 Å². The van der Waals surface area contributed by atoms with Crippen LogP contribution in [0, 0.1) is 17.0 Å². The van der Waals surface area contributed by atoms with E-state index in [1.165, 1.54) is 0 Å². The Kier molecular flexibility index (Phi) is 3.85. The lowest BCUT2D eigenvalue weighted by molar-refractivity contribution is 0.0565. The fourth-order valence-corrected chi connectivity index (χ4v) is 1.61. The van der Waals surface area contributed by atoms with E-state index in [1.54, 1.807) is 0 Å². The van der Waals surface area contributed by atoms with E-state index in [2.05, 4.69) is 10.1 Å². The van der Waals surface area contributed by atoms with E-state index in [-0.39, 0.29) is 29.1 Å². The van der Waals surface area contributed by atoms with E-state index in [9.17, 15) is 13.9 Å². The Morgan fingerprint density at radius 2 is 1.80 bits per heavy atom. The normalized spacial score (nSPS) is 13.5. The topological polar surface area (TPSA) is 59.2 Å². The zero-order valence-electron chi connectivity index (χ0n) is 11.5. The van der Waals surface area contributed by atoms with Gasteiger partial charge in [-0.2, -0.15) is 4.98 Å². The van der Waals surface area contributed by atoms with E-state index >= 15 is 0 Å². The van der Waals surface area contributed by atoms with Gasteiger partial charge < -0.3 is 9.63 Å². The Bertz CT molecular complexity index is 585. The standard InChI is InChI=1S/C14H16F2N2O2/c1-14(2,3)11(19)7-12-17-13(18-20-12)8-4-9(15)6-10(16)5-8/h4-6,11,19H,7H2,1-3H3. The highest BCUT2D eigenvalue weighted by atomic mass is 19.1. The number of benzene rings is 1. The Labute approximate surface area is 115 Å². The number of aliphatic hydroxyl groups is 1. The molecule has 1 atom stereocenters. The van der Waals surface area contributed by atoms with E-state index in [0.717, 1.165) is 18.2 Å². The summed E-state index contributed by atoms with van der Waals surface area (Å²) in [7, 11) is 0. The van der Waals surface area contributed by atoms with Crippen LogP contribution in [0.3, 0.4) is 0 Å². The largest absolute Gasteiger partial charge is 0.392 e. The van der Waals surface area contributed by atoms with Crippen LogP contribution in [-0.2, 0) is 6.42 Å². The molecule has 0 aliphatic heterocycles. The molecule has 1 aromatic heterocycles. The highest BCUT2D eigenvalue weighted by Gasteiger charge is 2.25. The molecular formula is C14H16F2N2O2. The predicted molar refractivity (Wildman–Crippen MR) is 68.8 cm³/mol. The zero-order valence-corrected chi connectivity index (χ0v) is 11.5. The first kappa shape index (κ1) is 14.6. The Balaban J connectivity index is 2.21. The minimum Gasteiger partial charge on any atom is -0.392 e. The lowest BCUT2D eigenvalue weighted by Crippen LogP contribution is -2.28. The molecule has 0 aliphatic rings. The second-order valence-electron chi connectivity index (χ2n) is 5.76. The summed E-state index contributed by atoms with van der Waals surface area (Å²) in [6, 6.07) is 3.02. The van der Waals surface area contributed by atoms with Crippen LogP contribution in [0.25, 0.3) is 11.4 Å². The van der Waals surface area contributed by atoms with Crippen LogP contribution in [0.1, 0.15) is 26.7 Å². The minimum atomic E-state index is -0.707. The van der Waals surface area contributed by atoms with Crippen molar-refractivity contribution < 1.29 is 18.4 Å². The summed E-state index contributed by atoms with van der Waals surface area (Å²) < 4.78 is 31.2. The van der Waals surface area contributed by atoms with Crippen molar-refractivity contribution in [3.8, 4) is 11.4 Å². The molecule has 1 N–H and O–H groups in total. The number of nitrogens with zero attached hydrogens (tertiary/aromatic N) is 2. The lowest BCUT2D eigenvalue weighted by Gasteiger charge is -2.24. The molecule has 1 unspecified atom stereocenters. The Morgan fingerprint density at radius 1 is 1.20 bits per heavy atom. The molecule has 0 saturated heterocycles. The summed E-state index contributed by atoms with van der Waals surface area (Å²) in [6.07, 6.45) is -0.464. The van der Waals surface area contributed by atoms with E-state index in [0.29, 0.717) is 0 Å². The summed E-state index contributed by atoms with van der Waals surface area (Å²) >= 11 is 0. The van der Waals surface area contributed by atoms with Gasteiger partial charge in [-0.05, 0) is 17.5 Å². The highest BCUT2D eigenvalue weighted by molar-refractivity contribution is 5.54. The minimum absolute atomic E-state index is 0.0968. The molecule has 0 spiro atoms. The molecule has 0 bridgehead atoms. The van der Waals surface area contributed by atoms with Crippen molar-refractivity contribution >= 4 is 0 Å². The SMILES string of the molecule is CC(C)(C)C(O)Cc1nc(-c2cc(F)cc(F)c2)no1. The predicted octanol–water partition coefficient (Wildman–Crippen LogP) is 2.96. The quantitative estimate of drug-likeness (QED) is 0.940.